The Hall–Kier alpha value is -1.03. The van der Waals surface area contributed by atoms with Gasteiger partial charge in [0, 0.05) is 16.8 Å². The average molecular weight is 197 g/mol. The van der Waals surface area contributed by atoms with E-state index in [2.05, 4.69) is 4.98 Å². The number of hydrogen-bond acceptors (Lipinski definition) is 3. The number of pyridine rings is 1. The Bertz CT molecular complexity index is 325. The van der Waals surface area contributed by atoms with Crippen molar-refractivity contribution >= 4 is 17.7 Å². The van der Waals surface area contributed by atoms with Crippen molar-refractivity contribution in [2.24, 2.45) is 0 Å². The Morgan fingerprint density at radius 1 is 1.69 bits per heavy atom. The van der Waals surface area contributed by atoms with Crippen molar-refractivity contribution in [3.8, 4) is 0 Å². The fourth-order valence-electron chi connectivity index (χ4n) is 0.970. The molecule has 1 heterocycles. The molecule has 0 aliphatic rings. The van der Waals surface area contributed by atoms with Crippen LogP contribution in [0.2, 0.25) is 0 Å². The van der Waals surface area contributed by atoms with E-state index in [-0.39, 0.29) is 5.56 Å². The van der Waals surface area contributed by atoms with Crippen molar-refractivity contribution in [3.05, 3.63) is 23.5 Å². The smallest absolute Gasteiger partial charge is 0.338 e. The minimum absolute atomic E-state index is 0.289. The van der Waals surface area contributed by atoms with E-state index in [1.54, 1.807) is 6.07 Å². The Labute approximate surface area is 81.2 Å². The van der Waals surface area contributed by atoms with Gasteiger partial charge in [-0.2, -0.15) is 0 Å². The fourth-order valence-corrected chi connectivity index (χ4v) is 1.83. The van der Waals surface area contributed by atoms with Crippen LogP contribution in [0.3, 0.4) is 0 Å². The number of carbonyl (C=O) groups is 1. The molecule has 0 aliphatic carbocycles. The number of carboxylic acid groups (broad SMARTS) is 1. The lowest BCUT2D eigenvalue weighted by Gasteiger charge is -2.03. The minimum atomic E-state index is -0.913. The van der Waals surface area contributed by atoms with E-state index in [1.807, 2.05) is 13.8 Å². The fraction of sp³-hybridized carbons (Fsp3) is 0.333. The largest absolute Gasteiger partial charge is 0.478 e. The highest BCUT2D eigenvalue weighted by Gasteiger charge is 2.10. The number of carboxylic acids is 1. The van der Waals surface area contributed by atoms with Crippen LogP contribution in [0.25, 0.3) is 0 Å². The maximum atomic E-state index is 10.8. The van der Waals surface area contributed by atoms with Gasteiger partial charge < -0.3 is 5.11 Å². The van der Waals surface area contributed by atoms with Crippen molar-refractivity contribution < 1.29 is 9.90 Å². The van der Waals surface area contributed by atoms with Crippen LogP contribution in [0.5, 0.6) is 0 Å². The molecular weight excluding hydrogens is 186 g/mol. The molecule has 1 N–H and O–H groups in total. The van der Waals surface area contributed by atoms with Gasteiger partial charge in [0.15, 0.2) is 0 Å². The molecule has 0 radical (unpaired) electrons. The highest BCUT2D eigenvalue weighted by Crippen LogP contribution is 2.22. The first kappa shape index (κ1) is 10.1. The van der Waals surface area contributed by atoms with E-state index in [9.17, 15) is 4.79 Å². The Balaban J connectivity index is 3.10. The number of thioether (sulfide) groups is 1. The van der Waals surface area contributed by atoms with Crippen LogP contribution in [0.15, 0.2) is 17.2 Å². The summed E-state index contributed by atoms with van der Waals surface area (Å²) in [6.45, 7) is 3.84. The molecule has 0 saturated heterocycles. The van der Waals surface area contributed by atoms with Crippen LogP contribution in [0, 0.1) is 6.92 Å². The standard InChI is InChI=1S/C9H11NO2S/c1-3-13-8-4-6(2)10-5-7(8)9(11)12/h4-5H,3H2,1-2H3,(H,11,12). The van der Waals surface area contributed by atoms with Crippen LogP contribution in [-0.2, 0) is 0 Å². The van der Waals surface area contributed by atoms with Crippen LogP contribution in [-0.4, -0.2) is 21.8 Å². The van der Waals surface area contributed by atoms with Gasteiger partial charge in [-0.25, -0.2) is 4.79 Å². The highest BCUT2D eigenvalue weighted by molar-refractivity contribution is 7.99. The number of aromatic nitrogens is 1. The number of aryl methyl sites for hydroxylation is 1. The van der Waals surface area contributed by atoms with E-state index >= 15 is 0 Å². The summed E-state index contributed by atoms with van der Waals surface area (Å²) in [5, 5.41) is 8.83. The second kappa shape index (κ2) is 4.28. The van der Waals surface area contributed by atoms with Gasteiger partial charge in [0.05, 0.1) is 5.56 Å². The molecule has 70 valence electrons. The van der Waals surface area contributed by atoms with Gasteiger partial charge in [-0.1, -0.05) is 6.92 Å². The lowest BCUT2D eigenvalue weighted by Crippen LogP contribution is -2.00. The zero-order valence-corrected chi connectivity index (χ0v) is 8.39. The third kappa shape index (κ3) is 2.45. The van der Waals surface area contributed by atoms with Crippen LogP contribution >= 0.6 is 11.8 Å². The van der Waals surface area contributed by atoms with E-state index < -0.39 is 5.97 Å². The lowest BCUT2D eigenvalue weighted by molar-refractivity contribution is 0.0692. The number of rotatable bonds is 3. The van der Waals surface area contributed by atoms with Crippen molar-refractivity contribution in [2.45, 2.75) is 18.7 Å². The van der Waals surface area contributed by atoms with Gasteiger partial charge in [0.2, 0.25) is 0 Å². The Morgan fingerprint density at radius 2 is 2.38 bits per heavy atom. The van der Waals surface area contributed by atoms with Crippen molar-refractivity contribution in [1.82, 2.24) is 4.98 Å². The van der Waals surface area contributed by atoms with Crippen LogP contribution in [0.1, 0.15) is 23.0 Å². The summed E-state index contributed by atoms with van der Waals surface area (Å²) in [7, 11) is 0. The molecule has 0 unspecified atom stereocenters. The van der Waals surface area contributed by atoms with Gasteiger partial charge in [0.1, 0.15) is 0 Å². The van der Waals surface area contributed by atoms with Crippen molar-refractivity contribution in [2.75, 3.05) is 5.75 Å². The summed E-state index contributed by atoms with van der Waals surface area (Å²) in [6.07, 6.45) is 1.41. The van der Waals surface area contributed by atoms with Gasteiger partial charge >= 0.3 is 5.97 Å². The first-order valence-corrected chi connectivity index (χ1v) is 4.96. The molecule has 0 bridgehead atoms. The van der Waals surface area contributed by atoms with E-state index in [4.69, 9.17) is 5.11 Å². The number of aromatic carboxylic acids is 1. The molecule has 13 heavy (non-hydrogen) atoms. The zero-order chi connectivity index (χ0) is 9.84. The monoisotopic (exact) mass is 197 g/mol. The average Bonchev–Trinajstić information content (AvgIpc) is 2.04. The normalized spacial score (nSPS) is 10.0. The van der Waals surface area contributed by atoms with Gasteiger partial charge in [-0.3, -0.25) is 4.98 Å². The molecule has 1 aromatic rings. The molecule has 3 nitrogen and oxygen atoms in total. The third-order valence-corrected chi connectivity index (χ3v) is 2.47. The maximum absolute atomic E-state index is 10.8. The van der Waals surface area contributed by atoms with Crippen molar-refractivity contribution in [1.29, 1.82) is 0 Å². The summed E-state index contributed by atoms with van der Waals surface area (Å²) in [5.74, 6) is -0.0487. The molecule has 1 rings (SSSR count). The molecule has 1 aromatic heterocycles. The Morgan fingerprint density at radius 3 is 2.92 bits per heavy atom. The summed E-state index contributed by atoms with van der Waals surface area (Å²) >= 11 is 1.52. The predicted molar refractivity (Wildman–Crippen MR) is 52.3 cm³/mol. The summed E-state index contributed by atoms with van der Waals surface area (Å²) in [5.41, 5.74) is 1.14. The molecule has 0 fully saturated rings. The molecule has 0 atom stereocenters. The van der Waals surface area contributed by atoms with Crippen molar-refractivity contribution in [3.63, 3.8) is 0 Å². The summed E-state index contributed by atoms with van der Waals surface area (Å²) < 4.78 is 0. The SMILES string of the molecule is CCSc1cc(C)ncc1C(=O)O. The van der Waals surface area contributed by atoms with Gasteiger partial charge in [-0.05, 0) is 18.7 Å². The van der Waals surface area contributed by atoms with Gasteiger partial charge in [0.25, 0.3) is 0 Å². The van der Waals surface area contributed by atoms with Gasteiger partial charge in [-0.15, -0.1) is 11.8 Å². The van der Waals surface area contributed by atoms with E-state index in [0.29, 0.717) is 0 Å². The molecule has 0 aliphatic heterocycles. The molecule has 0 aromatic carbocycles. The number of nitrogens with zero attached hydrogens (tertiary/aromatic N) is 1. The second-order valence-corrected chi connectivity index (χ2v) is 3.87. The first-order valence-electron chi connectivity index (χ1n) is 3.98. The first-order chi connectivity index (χ1) is 6.15. The van der Waals surface area contributed by atoms with E-state index in [0.717, 1.165) is 16.3 Å². The zero-order valence-electron chi connectivity index (χ0n) is 7.57. The molecule has 4 heteroatoms. The maximum Gasteiger partial charge on any atom is 0.338 e. The van der Waals surface area contributed by atoms with E-state index in [1.165, 1.54) is 18.0 Å². The third-order valence-electron chi connectivity index (χ3n) is 1.53. The Kier molecular flexibility index (Phi) is 3.31. The quantitative estimate of drug-likeness (QED) is 0.755. The summed E-state index contributed by atoms with van der Waals surface area (Å²) in [6, 6.07) is 1.80. The highest BCUT2D eigenvalue weighted by atomic mass is 32.2. The summed E-state index contributed by atoms with van der Waals surface area (Å²) in [4.78, 5) is 15.5. The molecule has 0 spiro atoms. The molecule has 0 amide bonds. The molecular formula is C9H11NO2S. The lowest BCUT2D eigenvalue weighted by atomic mass is 10.2. The number of hydrogen-bond donors (Lipinski definition) is 1. The topological polar surface area (TPSA) is 50.2 Å². The molecule has 0 saturated carbocycles. The van der Waals surface area contributed by atoms with Crippen LogP contribution < -0.4 is 0 Å². The minimum Gasteiger partial charge on any atom is -0.478 e. The second-order valence-electron chi connectivity index (χ2n) is 2.56. The predicted octanol–water partition coefficient (Wildman–Crippen LogP) is 2.20. The van der Waals surface area contributed by atoms with Crippen LogP contribution in [0.4, 0.5) is 0 Å².